The van der Waals surface area contributed by atoms with E-state index in [2.05, 4.69) is 10.3 Å². The molecule has 0 saturated carbocycles. The third-order valence-corrected chi connectivity index (χ3v) is 5.34. The molecule has 1 aliphatic heterocycles. The number of carbonyl (C=O) groups is 3. The topological polar surface area (TPSA) is 106 Å². The molecular weight excluding hydrogens is 384 g/mol. The van der Waals surface area contributed by atoms with E-state index in [9.17, 15) is 19.5 Å². The van der Waals surface area contributed by atoms with Crippen LogP contribution in [0.15, 0.2) is 66.9 Å². The van der Waals surface area contributed by atoms with Crippen molar-refractivity contribution < 1.29 is 25.6 Å². The molecule has 0 bridgehead atoms. The number of carbonyl (C=O) groups excluding carboxylic acids is 2. The van der Waals surface area contributed by atoms with E-state index in [4.69, 9.17) is 6.11 Å². The zero-order valence-electron chi connectivity index (χ0n) is 16.9. The maximum Gasteiger partial charge on any atom is 0.339 e. The van der Waals surface area contributed by atoms with Gasteiger partial charge in [0, 0.05) is 11.6 Å². The van der Waals surface area contributed by atoms with Crippen molar-refractivity contribution in [3.05, 3.63) is 78.1 Å². The number of aliphatic carboxylic acids is 1. The molecule has 3 aromatic rings. The van der Waals surface area contributed by atoms with Crippen molar-refractivity contribution in [1.29, 1.82) is 0 Å². The molecule has 1 aliphatic rings. The number of carboxylic acids is 1. The Labute approximate surface area is 174 Å². The number of benzene rings is 2. The number of hydrogen-bond donors (Lipinski definition) is 2. The molecular formula is C23H20N2O5. The minimum Gasteiger partial charge on any atom is -0.479 e. The predicted molar refractivity (Wildman–Crippen MR) is 109 cm³/mol. The minimum atomic E-state index is -2.29. The van der Waals surface area contributed by atoms with Crippen molar-refractivity contribution in [2.45, 2.75) is 18.5 Å². The van der Waals surface area contributed by atoms with E-state index in [0.29, 0.717) is 10.9 Å². The molecule has 7 heteroatoms. The van der Waals surface area contributed by atoms with Gasteiger partial charge in [-0.25, -0.2) is 9.59 Å². The average Bonchev–Trinajstić information content (AvgIpc) is 3.25. The number of carboxylic acid groups (broad SMARTS) is 1. The summed E-state index contributed by atoms with van der Waals surface area (Å²) >= 11 is 0. The number of Topliss-reactive ketones (excluding diaryl/α,β-unsaturated/α-hetero) is 1. The van der Waals surface area contributed by atoms with Gasteiger partial charge in [-0.1, -0.05) is 54.6 Å². The van der Waals surface area contributed by atoms with E-state index in [0.717, 1.165) is 5.39 Å². The van der Waals surface area contributed by atoms with Crippen molar-refractivity contribution in [2.24, 2.45) is 5.92 Å². The van der Waals surface area contributed by atoms with Gasteiger partial charge in [-0.2, -0.15) is 0 Å². The fraction of sp³-hybridized carbons (Fsp3) is 0.217. The van der Waals surface area contributed by atoms with Crippen molar-refractivity contribution in [3.63, 3.8) is 0 Å². The van der Waals surface area contributed by atoms with Gasteiger partial charge in [0.05, 0.1) is 7.29 Å². The Balaban J connectivity index is 1.69. The summed E-state index contributed by atoms with van der Waals surface area (Å²) in [6.45, 7) is -1.28. The number of ether oxygens (including phenoxy) is 1. The van der Waals surface area contributed by atoms with Gasteiger partial charge < -0.3 is 9.84 Å². The van der Waals surface area contributed by atoms with Crippen LogP contribution in [0.25, 0.3) is 10.8 Å². The first kappa shape index (κ1) is 18.4. The van der Waals surface area contributed by atoms with Crippen LogP contribution in [0, 0.1) is 5.92 Å². The van der Waals surface area contributed by atoms with Gasteiger partial charge >= 0.3 is 11.9 Å². The molecule has 2 unspecified atom stereocenters. The molecule has 2 heterocycles. The summed E-state index contributed by atoms with van der Waals surface area (Å²) < 4.78 is 13.3. The lowest BCUT2D eigenvalue weighted by Crippen LogP contribution is -2.61. The lowest BCUT2D eigenvalue weighted by Gasteiger charge is -2.28. The van der Waals surface area contributed by atoms with Crippen LogP contribution in [0.1, 0.15) is 23.8 Å². The van der Waals surface area contributed by atoms with Crippen molar-refractivity contribution in [3.8, 4) is 0 Å². The van der Waals surface area contributed by atoms with Gasteiger partial charge in [-0.3, -0.25) is 15.1 Å². The number of ketones is 1. The molecule has 0 aliphatic carbocycles. The highest BCUT2D eigenvalue weighted by Crippen LogP contribution is 2.33. The molecule has 4 rings (SSSR count). The Bertz CT molecular complexity index is 1150. The first-order chi connectivity index (χ1) is 14.9. The van der Waals surface area contributed by atoms with E-state index >= 15 is 0 Å². The van der Waals surface area contributed by atoms with Gasteiger partial charge in [0.2, 0.25) is 5.54 Å². The van der Waals surface area contributed by atoms with Crippen LogP contribution < -0.4 is 5.32 Å². The number of rotatable bonds is 6. The number of esters is 1. The van der Waals surface area contributed by atoms with Gasteiger partial charge in [-0.15, -0.1) is 0 Å². The van der Waals surface area contributed by atoms with E-state index in [1.807, 2.05) is 12.1 Å². The van der Waals surface area contributed by atoms with E-state index in [-0.39, 0.29) is 18.7 Å². The molecule has 0 radical (unpaired) electrons. The van der Waals surface area contributed by atoms with Crippen molar-refractivity contribution in [2.75, 3.05) is 6.54 Å². The number of hydrogen-bond acceptors (Lipinski definition) is 6. The highest BCUT2D eigenvalue weighted by molar-refractivity contribution is 6.15. The maximum absolute atomic E-state index is 13.4. The number of fused-ring (bicyclic) bond motifs is 1. The zero-order chi connectivity index (χ0) is 22.0. The predicted octanol–water partition coefficient (Wildman–Crippen LogP) is 2.59. The summed E-state index contributed by atoms with van der Waals surface area (Å²) in [7, 11) is 0. The van der Waals surface area contributed by atoms with E-state index < -0.39 is 35.8 Å². The summed E-state index contributed by atoms with van der Waals surface area (Å²) in [5.41, 5.74) is -1.78. The monoisotopic (exact) mass is 405 g/mol. The molecule has 0 spiro atoms. The maximum atomic E-state index is 13.4. The molecule has 30 heavy (non-hydrogen) atoms. The molecule has 1 aromatic heterocycles. The number of aromatic nitrogens is 1. The van der Waals surface area contributed by atoms with Crippen LogP contribution in [0.2, 0.25) is 0 Å². The highest BCUT2D eigenvalue weighted by atomic mass is 16.5. The first-order valence-corrected chi connectivity index (χ1v) is 9.50. The SMILES string of the molecule is [2H]C(OC(=O)[C@]1(C(=O)O)NCCC1C(=O)c1nccc2ccccc12)c1ccccc1. The fourth-order valence-corrected chi connectivity index (χ4v) is 3.83. The molecule has 1 saturated heterocycles. The first-order valence-electron chi connectivity index (χ1n) is 10.1. The van der Waals surface area contributed by atoms with Crippen LogP contribution in [-0.4, -0.2) is 39.9 Å². The third kappa shape index (κ3) is 3.33. The zero-order valence-corrected chi connectivity index (χ0v) is 15.9. The number of nitrogens with zero attached hydrogens (tertiary/aromatic N) is 1. The van der Waals surface area contributed by atoms with Crippen molar-refractivity contribution >= 4 is 28.5 Å². The number of pyridine rings is 1. The Hall–Kier alpha value is -3.58. The summed E-state index contributed by atoms with van der Waals surface area (Å²) in [5, 5.41) is 14.0. The van der Waals surface area contributed by atoms with E-state index in [1.165, 1.54) is 6.20 Å². The fourth-order valence-electron chi connectivity index (χ4n) is 3.83. The molecule has 0 amide bonds. The second-order valence-electron chi connectivity index (χ2n) is 7.06. The summed E-state index contributed by atoms with van der Waals surface area (Å²) in [6, 6.07) is 17.2. The highest BCUT2D eigenvalue weighted by Gasteiger charge is 2.60. The lowest BCUT2D eigenvalue weighted by atomic mass is 9.80. The van der Waals surface area contributed by atoms with Gasteiger partial charge in [0.25, 0.3) is 0 Å². The molecule has 3 atom stereocenters. The largest absolute Gasteiger partial charge is 0.479 e. The molecule has 1 fully saturated rings. The Kier molecular flexibility index (Phi) is 4.94. The summed E-state index contributed by atoms with van der Waals surface area (Å²) in [4.78, 5) is 42.9. The standard InChI is InChI=1S/C23H20N2O5/c26-20(19-17-9-5-4-8-16(17)10-12-24-19)18-11-13-25-23(18,21(27)28)22(29)30-14-15-6-2-1-3-7-15/h1-10,12,18,25H,11,13-14H2,(H,27,28)/t18?,23-/m0/s1/i14D/t14?,18?,23-. The molecule has 152 valence electrons. The van der Waals surface area contributed by atoms with E-state index in [1.54, 1.807) is 48.5 Å². The Morgan fingerprint density at radius 3 is 2.63 bits per heavy atom. The van der Waals surface area contributed by atoms with Crippen LogP contribution in [0.5, 0.6) is 0 Å². The normalized spacial score (nSPS) is 22.3. The second kappa shape index (κ2) is 8.04. The molecule has 2 aromatic carbocycles. The third-order valence-electron chi connectivity index (χ3n) is 5.34. The van der Waals surface area contributed by atoms with Gasteiger partial charge in [0.15, 0.2) is 5.78 Å². The summed E-state index contributed by atoms with van der Waals surface area (Å²) in [5.74, 6) is -4.46. The minimum absolute atomic E-state index is 0.107. The van der Waals surface area contributed by atoms with Crippen LogP contribution >= 0.6 is 0 Å². The quantitative estimate of drug-likeness (QED) is 0.369. The summed E-state index contributed by atoms with van der Waals surface area (Å²) in [6.07, 6.45) is 1.60. The number of nitrogens with one attached hydrogen (secondary N) is 1. The van der Waals surface area contributed by atoms with Gasteiger partial charge in [0.1, 0.15) is 12.3 Å². The van der Waals surface area contributed by atoms with Crippen LogP contribution in [0.3, 0.4) is 0 Å². The Morgan fingerprint density at radius 1 is 1.13 bits per heavy atom. The van der Waals surface area contributed by atoms with Crippen LogP contribution in [-0.2, 0) is 20.9 Å². The molecule has 7 nitrogen and oxygen atoms in total. The average molecular weight is 405 g/mol. The smallest absolute Gasteiger partial charge is 0.339 e. The van der Waals surface area contributed by atoms with Crippen LogP contribution in [0.4, 0.5) is 0 Å². The lowest BCUT2D eigenvalue weighted by molar-refractivity contribution is -0.165. The second-order valence-corrected chi connectivity index (χ2v) is 7.06. The molecule has 2 N–H and O–H groups in total. The van der Waals surface area contributed by atoms with Crippen molar-refractivity contribution in [1.82, 2.24) is 10.3 Å². The van der Waals surface area contributed by atoms with Gasteiger partial charge in [-0.05, 0) is 30.0 Å². The Morgan fingerprint density at radius 2 is 1.87 bits per heavy atom.